The topological polar surface area (TPSA) is 25.8 Å². The molecule has 0 unspecified atom stereocenters. The highest BCUT2D eigenvalue weighted by atomic mass is 35.5. The number of benzene rings is 1. The van der Waals surface area contributed by atoms with Gasteiger partial charge in [0.2, 0.25) is 0 Å². The van der Waals surface area contributed by atoms with Crippen LogP contribution in [-0.2, 0) is 0 Å². The van der Waals surface area contributed by atoms with Crippen molar-refractivity contribution in [1.82, 2.24) is 10.2 Å². The van der Waals surface area contributed by atoms with Crippen LogP contribution in [0.4, 0.5) is 0 Å². The smallest absolute Gasteiger partial charge is 0.147 e. The first kappa shape index (κ1) is 10.4. The van der Waals surface area contributed by atoms with Crippen LogP contribution in [0.3, 0.4) is 0 Å². The molecule has 1 aromatic carbocycles. The maximum Gasteiger partial charge on any atom is 0.156 e. The third kappa shape index (κ3) is 1.96. The van der Waals surface area contributed by atoms with Crippen molar-refractivity contribution in [3.8, 4) is 11.3 Å². The molecule has 0 saturated carbocycles. The van der Waals surface area contributed by atoms with Gasteiger partial charge in [-0.25, -0.2) is 0 Å². The Kier molecular flexibility index (Phi) is 2.89. The van der Waals surface area contributed by atoms with Gasteiger partial charge in [-0.2, -0.15) is 0 Å². The van der Waals surface area contributed by atoms with Gasteiger partial charge in [0.05, 0.1) is 5.02 Å². The Labute approximate surface area is 97.9 Å². The molecule has 0 N–H and O–H groups in total. The lowest BCUT2D eigenvalue weighted by molar-refractivity contribution is 1.02. The molecule has 15 heavy (non-hydrogen) atoms. The van der Waals surface area contributed by atoms with Gasteiger partial charge in [0.25, 0.3) is 0 Å². The summed E-state index contributed by atoms with van der Waals surface area (Å²) in [4.78, 5) is 0. The zero-order valence-electron chi connectivity index (χ0n) is 8.04. The van der Waals surface area contributed by atoms with E-state index >= 15 is 0 Å². The Balaban J connectivity index is 2.60. The zero-order valence-corrected chi connectivity index (χ0v) is 9.55. The molecule has 0 radical (unpaired) electrons. The second kappa shape index (κ2) is 4.17. The molecular formula is C11H8Cl2N2. The van der Waals surface area contributed by atoms with Gasteiger partial charge in [0, 0.05) is 11.1 Å². The summed E-state index contributed by atoms with van der Waals surface area (Å²) in [7, 11) is 0. The molecule has 0 fully saturated rings. The number of hydrogen-bond donors (Lipinski definition) is 0. The lowest BCUT2D eigenvalue weighted by Crippen LogP contribution is -1.93. The number of hydrogen-bond acceptors (Lipinski definition) is 2. The normalized spacial score (nSPS) is 10.3. The van der Waals surface area contributed by atoms with Gasteiger partial charge in [-0.05, 0) is 6.92 Å². The Bertz CT molecular complexity index is 483. The molecule has 2 nitrogen and oxygen atoms in total. The van der Waals surface area contributed by atoms with Crippen molar-refractivity contribution >= 4 is 23.2 Å². The van der Waals surface area contributed by atoms with Crippen molar-refractivity contribution in [2.45, 2.75) is 6.92 Å². The van der Waals surface area contributed by atoms with Crippen LogP contribution in [0.1, 0.15) is 5.56 Å². The largest absolute Gasteiger partial charge is 0.156 e. The van der Waals surface area contributed by atoms with Crippen molar-refractivity contribution < 1.29 is 0 Å². The number of aromatic nitrogens is 2. The summed E-state index contributed by atoms with van der Waals surface area (Å²) in [6.07, 6.45) is 0. The maximum absolute atomic E-state index is 6.15. The van der Waals surface area contributed by atoms with Crippen molar-refractivity contribution in [2.24, 2.45) is 0 Å². The maximum atomic E-state index is 6.15. The van der Waals surface area contributed by atoms with Gasteiger partial charge in [-0.3, -0.25) is 0 Å². The molecular weight excluding hydrogens is 231 g/mol. The van der Waals surface area contributed by atoms with Crippen LogP contribution in [0.15, 0.2) is 30.3 Å². The van der Waals surface area contributed by atoms with E-state index in [1.54, 1.807) is 0 Å². The van der Waals surface area contributed by atoms with Crippen molar-refractivity contribution in [3.63, 3.8) is 0 Å². The number of nitrogens with zero attached hydrogens (tertiary/aromatic N) is 2. The average molecular weight is 239 g/mol. The minimum atomic E-state index is 0.347. The molecule has 0 amide bonds. The van der Waals surface area contributed by atoms with Crippen LogP contribution < -0.4 is 0 Å². The lowest BCUT2D eigenvalue weighted by Gasteiger charge is -2.05. The predicted octanol–water partition coefficient (Wildman–Crippen LogP) is 3.76. The molecule has 76 valence electrons. The van der Waals surface area contributed by atoms with E-state index in [-0.39, 0.29) is 0 Å². The second-order valence-electron chi connectivity index (χ2n) is 3.14. The molecule has 0 saturated heterocycles. The molecule has 2 aromatic rings. The van der Waals surface area contributed by atoms with Crippen molar-refractivity contribution in [3.05, 3.63) is 46.1 Å². The summed E-state index contributed by atoms with van der Waals surface area (Å²) in [5.74, 6) is 0. The van der Waals surface area contributed by atoms with E-state index in [9.17, 15) is 0 Å². The summed E-state index contributed by atoms with van der Waals surface area (Å²) in [6, 6.07) is 9.66. The van der Waals surface area contributed by atoms with Gasteiger partial charge in [-0.1, -0.05) is 53.5 Å². The van der Waals surface area contributed by atoms with Crippen LogP contribution >= 0.6 is 23.2 Å². The van der Waals surface area contributed by atoms with Gasteiger partial charge in [0.15, 0.2) is 5.15 Å². The standard InChI is InChI=1S/C11H8Cl2N2/c1-7-9(12)10(14-15-11(7)13)8-5-3-2-4-6-8/h2-6H,1H3. The molecule has 1 heterocycles. The fourth-order valence-corrected chi connectivity index (χ4v) is 1.68. The highest BCUT2D eigenvalue weighted by Crippen LogP contribution is 2.30. The minimum Gasteiger partial charge on any atom is -0.147 e. The van der Waals surface area contributed by atoms with Crippen LogP contribution in [0.25, 0.3) is 11.3 Å². The fraction of sp³-hybridized carbons (Fsp3) is 0.0909. The summed E-state index contributed by atoms with van der Waals surface area (Å²) in [6.45, 7) is 1.83. The molecule has 0 spiro atoms. The molecule has 0 aliphatic heterocycles. The van der Waals surface area contributed by atoms with E-state index in [0.717, 1.165) is 11.1 Å². The number of rotatable bonds is 1. The van der Waals surface area contributed by atoms with Crippen molar-refractivity contribution in [1.29, 1.82) is 0 Å². The van der Waals surface area contributed by atoms with E-state index in [4.69, 9.17) is 23.2 Å². The first-order valence-electron chi connectivity index (χ1n) is 4.44. The van der Waals surface area contributed by atoms with E-state index in [0.29, 0.717) is 15.9 Å². The van der Waals surface area contributed by atoms with Gasteiger partial charge in [-0.15, -0.1) is 10.2 Å². The van der Waals surface area contributed by atoms with Gasteiger partial charge >= 0.3 is 0 Å². The second-order valence-corrected chi connectivity index (χ2v) is 3.88. The molecule has 0 aliphatic rings. The molecule has 0 bridgehead atoms. The minimum absolute atomic E-state index is 0.347. The lowest BCUT2D eigenvalue weighted by atomic mass is 10.1. The van der Waals surface area contributed by atoms with Crippen molar-refractivity contribution in [2.75, 3.05) is 0 Å². The predicted molar refractivity (Wildman–Crippen MR) is 62.2 cm³/mol. The van der Waals surface area contributed by atoms with Gasteiger partial charge in [0.1, 0.15) is 5.69 Å². The highest BCUT2D eigenvalue weighted by molar-refractivity contribution is 6.36. The Morgan fingerprint density at radius 3 is 2.33 bits per heavy atom. The molecule has 2 rings (SSSR count). The van der Waals surface area contributed by atoms with Crippen LogP contribution in [0, 0.1) is 6.92 Å². The van der Waals surface area contributed by atoms with Gasteiger partial charge < -0.3 is 0 Å². The monoisotopic (exact) mass is 238 g/mol. The fourth-order valence-electron chi connectivity index (χ4n) is 1.26. The third-order valence-corrected chi connectivity index (χ3v) is 2.95. The summed E-state index contributed by atoms with van der Waals surface area (Å²) in [5.41, 5.74) is 2.36. The SMILES string of the molecule is Cc1c(Cl)nnc(-c2ccccc2)c1Cl. The molecule has 0 aliphatic carbocycles. The van der Waals surface area contributed by atoms with Crippen LogP contribution in [0.2, 0.25) is 10.2 Å². The average Bonchev–Trinajstić information content (AvgIpc) is 2.27. The zero-order chi connectivity index (χ0) is 10.8. The molecule has 4 heteroatoms. The van der Waals surface area contributed by atoms with E-state index in [1.807, 2.05) is 37.3 Å². The van der Waals surface area contributed by atoms with E-state index in [2.05, 4.69) is 10.2 Å². The quantitative estimate of drug-likeness (QED) is 0.757. The third-order valence-electron chi connectivity index (χ3n) is 2.13. The first-order chi connectivity index (χ1) is 7.20. The van der Waals surface area contributed by atoms with E-state index < -0.39 is 0 Å². The highest BCUT2D eigenvalue weighted by Gasteiger charge is 2.11. The van der Waals surface area contributed by atoms with Crippen LogP contribution in [0.5, 0.6) is 0 Å². The van der Waals surface area contributed by atoms with E-state index in [1.165, 1.54) is 0 Å². The Hall–Kier alpha value is -1.12. The molecule has 1 aromatic heterocycles. The molecule has 0 atom stereocenters. The Morgan fingerprint density at radius 2 is 1.67 bits per heavy atom. The summed E-state index contributed by atoms with van der Waals surface area (Å²) >= 11 is 12.0. The first-order valence-corrected chi connectivity index (χ1v) is 5.19. The van der Waals surface area contributed by atoms with Crippen LogP contribution in [-0.4, -0.2) is 10.2 Å². The Morgan fingerprint density at radius 1 is 1.00 bits per heavy atom. The summed E-state index contributed by atoms with van der Waals surface area (Å²) in [5, 5.41) is 8.75. The summed E-state index contributed by atoms with van der Waals surface area (Å²) < 4.78 is 0. The number of halogens is 2.